The number of carbonyl (C=O) groups is 2. The fourth-order valence-electron chi connectivity index (χ4n) is 4.23. The van der Waals surface area contributed by atoms with Crippen molar-refractivity contribution in [3.8, 4) is 0 Å². The number of ketones is 1. The maximum absolute atomic E-state index is 12.8. The summed E-state index contributed by atoms with van der Waals surface area (Å²) in [6.45, 7) is 7.26. The van der Waals surface area contributed by atoms with Gasteiger partial charge in [-0.05, 0) is 37.7 Å². The molecule has 0 radical (unpaired) electrons. The number of amides is 1. The van der Waals surface area contributed by atoms with E-state index in [0.717, 1.165) is 18.5 Å². The standard InChI is InChI=1S/C21H26N4O4/c1-12-17(11-22-25(12)13-4-6-29-7-5-13)24-20(28)15-8-14-16(23-19(15)27)9-21(2,3)10-18(14)26/h8,11,13H,4-7,9-10H2,1-3H3,(H,23,27)(H,24,28). The van der Waals surface area contributed by atoms with Crippen molar-refractivity contribution in [2.75, 3.05) is 18.5 Å². The van der Waals surface area contributed by atoms with Gasteiger partial charge < -0.3 is 15.0 Å². The van der Waals surface area contributed by atoms with Crippen LogP contribution in [0.25, 0.3) is 0 Å². The van der Waals surface area contributed by atoms with Crippen LogP contribution < -0.4 is 10.9 Å². The number of anilines is 1. The molecule has 1 fully saturated rings. The van der Waals surface area contributed by atoms with Crippen LogP contribution in [0.15, 0.2) is 17.1 Å². The molecule has 3 heterocycles. The molecular formula is C21H26N4O4. The highest BCUT2D eigenvalue weighted by molar-refractivity contribution is 6.06. The normalized spacial score (nSPS) is 19.1. The second-order valence-electron chi connectivity index (χ2n) is 8.73. The number of Topliss-reactive ketones (excluding diaryl/α,β-unsaturated/α-hetero) is 1. The fourth-order valence-corrected chi connectivity index (χ4v) is 4.23. The van der Waals surface area contributed by atoms with E-state index in [0.29, 0.717) is 43.0 Å². The minimum atomic E-state index is -0.540. The molecule has 0 bridgehead atoms. The lowest BCUT2D eigenvalue weighted by Crippen LogP contribution is -2.32. The van der Waals surface area contributed by atoms with Gasteiger partial charge in [0.1, 0.15) is 5.56 Å². The first kappa shape index (κ1) is 19.6. The third kappa shape index (κ3) is 3.76. The predicted octanol–water partition coefficient (Wildman–Crippen LogP) is 2.64. The SMILES string of the molecule is Cc1c(NC(=O)c2cc3c([nH]c2=O)CC(C)(C)CC3=O)cnn1C1CCOCC1. The van der Waals surface area contributed by atoms with E-state index in [1.165, 1.54) is 6.07 Å². The summed E-state index contributed by atoms with van der Waals surface area (Å²) in [5, 5.41) is 7.19. The van der Waals surface area contributed by atoms with Crippen LogP contribution in [0.5, 0.6) is 0 Å². The number of hydrogen-bond donors (Lipinski definition) is 2. The van der Waals surface area contributed by atoms with Crippen LogP contribution in [0, 0.1) is 12.3 Å². The Hall–Kier alpha value is -2.74. The summed E-state index contributed by atoms with van der Waals surface area (Å²) in [4.78, 5) is 40.6. The lowest BCUT2D eigenvalue weighted by Gasteiger charge is -2.29. The lowest BCUT2D eigenvalue weighted by atomic mass is 9.75. The second-order valence-corrected chi connectivity index (χ2v) is 8.73. The summed E-state index contributed by atoms with van der Waals surface area (Å²) in [6.07, 6.45) is 4.34. The van der Waals surface area contributed by atoms with Gasteiger partial charge in [0, 0.05) is 30.9 Å². The Morgan fingerprint density at radius 3 is 2.72 bits per heavy atom. The van der Waals surface area contributed by atoms with Gasteiger partial charge in [-0.1, -0.05) is 13.8 Å². The Balaban J connectivity index is 1.58. The van der Waals surface area contributed by atoms with Crippen molar-refractivity contribution >= 4 is 17.4 Å². The summed E-state index contributed by atoms with van der Waals surface area (Å²) in [7, 11) is 0. The number of carbonyl (C=O) groups excluding carboxylic acids is 2. The highest BCUT2D eigenvalue weighted by atomic mass is 16.5. The third-order valence-electron chi connectivity index (χ3n) is 5.79. The molecule has 0 spiro atoms. The zero-order valence-electron chi connectivity index (χ0n) is 17.0. The summed E-state index contributed by atoms with van der Waals surface area (Å²) < 4.78 is 7.30. The molecule has 1 amide bonds. The molecule has 0 aromatic carbocycles. The number of ether oxygens (including phenoxy) is 1. The minimum absolute atomic E-state index is 0.0509. The van der Waals surface area contributed by atoms with Crippen LogP contribution in [0.2, 0.25) is 0 Å². The molecular weight excluding hydrogens is 372 g/mol. The zero-order chi connectivity index (χ0) is 20.8. The maximum Gasteiger partial charge on any atom is 0.261 e. The van der Waals surface area contributed by atoms with Crippen molar-refractivity contribution in [1.29, 1.82) is 0 Å². The van der Waals surface area contributed by atoms with Gasteiger partial charge >= 0.3 is 0 Å². The highest BCUT2D eigenvalue weighted by Crippen LogP contribution is 2.33. The fraction of sp³-hybridized carbons (Fsp3) is 0.524. The van der Waals surface area contributed by atoms with Gasteiger partial charge in [0.15, 0.2) is 5.78 Å². The summed E-state index contributed by atoms with van der Waals surface area (Å²) in [5.74, 6) is -0.591. The van der Waals surface area contributed by atoms with E-state index in [2.05, 4.69) is 15.4 Å². The van der Waals surface area contributed by atoms with E-state index in [1.54, 1.807) is 6.20 Å². The van der Waals surface area contributed by atoms with Crippen LogP contribution >= 0.6 is 0 Å². The Morgan fingerprint density at radius 2 is 2.00 bits per heavy atom. The Morgan fingerprint density at radius 1 is 1.28 bits per heavy atom. The number of rotatable bonds is 3. The molecule has 4 rings (SSSR count). The van der Waals surface area contributed by atoms with E-state index in [1.807, 2.05) is 25.5 Å². The van der Waals surface area contributed by atoms with Crippen LogP contribution in [-0.2, 0) is 11.2 Å². The first-order valence-corrected chi connectivity index (χ1v) is 9.98. The second kappa shape index (κ2) is 7.26. The van der Waals surface area contributed by atoms with Crippen molar-refractivity contribution < 1.29 is 14.3 Å². The van der Waals surface area contributed by atoms with Gasteiger partial charge in [0.25, 0.3) is 11.5 Å². The molecule has 0 atom stereocenters. The third-order valence-corrected chi connectivity index (χ3v) is 5.79. The van der Waals surface area contributed by atoms with Crippen LogP contribution in [0.1, 0.15) is 71.3 Å². The number of pyridine rings is 1. The van der Waals surface area contributed by atoms with E-state index in [4.69, 9.17) is 4.74 Å². The van der Waals surface area contributed by atoms with Crippen molar-refractivity contribution in [1.82, 2.24) is 14.8 Å². The van der Waals surface area contributed by atoms with Gasteiger partial charge in [-0.2, -0.15) is 5.10 Å². The molecule has 0 saturated carbocycles. The molecule has 2 aromatic rings. The highest BCUT2D eigenvalue weighted by Gasteiger charge is 2.32. The Labute approximate surface area is 168 Å². The van der Waals surface area contributed by atoms with Gasteiger partial charge in [-0.25, -0.2) is 0 Å². The van der Waals surface area contributed by atoms with Crippen LogP contribution in [-0.4, -0.2) is 39.7 Å². The van der Waals surface area contributed by atoms with Crippen LogP contribution in [0.3, 0.4) is 0 Å². The molecule has 2 aliphatic rings. The first-order valence-electron chi connectivity index (χ1n) is 9.98. The number of aromatic nitrogens is 3. The predicted molar refractivity (Wildman–Crippen MR) is 108 cm³/mol. The monoisotopic (exact) mass is 398 g/mol. The van der Waals surface area contributed by atoms with Crippen molar-refractivity contribution in [2.24, 2.45) is 5.41 Å². The summed E-state index contributed by atoms with van der Waals surface area (Å²) >= 11 is 0. The Kier molecular flexibility index (Phi) is 4.90. The van der Waals surface area contributed by atoms with E-state index >= 15 is 0 Å². The molecule has 1 saturated heterocycles. The van der Waals surface area contributed by atoms with Gasteiger partial charge in [-0.3, -0.25) is 19.1 Å². The summed E-state index contributed by atoms with van der Waals surface area (Å²) in [6, 6.07) is 1.67. The molecule has 154 valence electrons. The Bertz CT molecular complexity index is 1030. The minimum Gasteiger partial charge on any atom is -0.381 e. The molecule has 1 aliphatic carbocycles. The average Bonchev–Trinajstić information content (AvgIpc) is 3.01. The number of H-pyrrole nitrogens is 1. The van der Waals surface area contributed by atoms with Crippen molar-refractivity contribution in [3.63, 3.8) is 0 Å². The largest absolute Gasteiger partial charge is 0.381 e. The molecule has 2 N–H and O–H groups in total. The number of nitrogens with one attached hydrogen (secondary N) is 2. The van der Waals surface area contributed by atoms with Gasteiger partial charge in [-0.15, -0.1) is 0 Å². The van der Waals surface area contributed by atoms with Crippen molar-refractivity contribution in [3.05, 3.63) is 45.1 Å². The lowest BCUT2D eigenvalue weighted by molar-refractivity contribution is 0.0657. The molecule has 0 unspecified atom stereocenters. The number of nitrogens with zero attached hydrogens (tertiary/aromatic N) is 2. The number of hydrogen-bond acceptors (Lipinski definition) is 5. The molecule has 8 nitrogen and oxygen atoms in total. The van der Waals surface area contributed by atoms with E-state index in [-0.39, 0.29) is 22.8 Å². The van der Waals surface area contributed by atoms with Crippen molar-refractivity contribution in [2.45, 2.75) is 52.5 Å². The van der Waals surface area contributed by atoms with E-state index < -0.39 is 11.5 Å². The smallest absolute Gasteiger partial charge is 0.261 e. The van der Waals surface area contributed by atoms with Crippen LogP contribution in [0.4, 0.5) is 5.69 Å². The van der Waals surface area contributed by atoms with Gasteiger partial charge in [0.05, 0.1) is 23.6 Å². The molecule has 8 heteroatoms. The molecule has 29 heavy (non-hydrogen) atoms. The van der Waals surface area contributed by atoms with E-state index in [9.17, 15) is 14.4 Å². The van der Waals surface area contributed by atoms with Gasteiger partial charge in [0.2, 0.25) is 0 Å². The zero-order valence-corrected chi connectivity index (χ0v) is 17.0. The molecule has 2 aromatic heterocycles. The maximum atomic E-state index is 12.8. The summed E-state index contributed by atoms with van der Waals surface area (Å²) in [5.41, 5.74) is 1.69. The number of fused-ring (bicyclic) bond motifs is 1. The number of aromatic amines is 1. The first-order chi connectivity index (χ1) is 13.7. The molecule has 1 aliphatic heterocycles. The topological polar surface area (TPSA) is 106 Å². The quantitative estimate of drug-likeness (QED) is 0.827. The average molecular weight is 398 g/mol.